The number of anilines is 1. The van der Waals surface area contributed by atoms with Crippen molar-refractivity contribution in [2.24, 2.45) is 0 Å². The topological polar surface area (TPSA) is 75.7 Å². The number of aryl methyl sites for hydroxylation is 1. The number of rotatable bonds is 6. The predicted molar refractivity (Wildman–Crippen MR) is 135 cm³/mol. The highest BCUT2D eigenvalue weighted by Gasteiger charge is 2.36. The van der Waals surface area contributed by atoms with Gasteiger partial charge in [-0.25, -0.2) is 9.69 Å². The average molecular weight is 519 g/mol. The Morgan fingerprint density at radius 3 is 2.41 bits per heavy atom. The normalized spacial score (nSPS) is 15.0. The molecule has 1 fully saturated rings. The molecule has 1 aliphatic heterocycles. The van der Waals surface area contributed by atoms with Gasteiger partial charge in [-0.05, 0) is 60.9 Å². The summed E-state index contributed by atoms with van der Waals surface area (Å²) in [6.45, 7) is 4.28. The van der Waals surface area contributed by atoms with Gasteiger partial charge in [-0.3, -0.25) is 14.9 Å². The lowest BCUT2D eigenvalue weighted by Crippen LogP contribution is -2.54. The molecule has 4 rings (SSSR count). The van der Waals surface area contributed by atoms with Gasteiger partial charge in [0.25, 0.3) is 11.8 Å². The van der Waals surface area contributed by atoms with Crippen molar-refractivity contribution in [2.45, 2.75) is 20.3 Å². The van der Waals surface area contributed by atoms with E-state index in [0.29, 0.717) is 30.0 Å². The Kier molecular flexibility index (Phi) is 6.93. The van der Waals surface area contributed by atoms with Crippen LogP contribution >= 0.6 is 15.9 Å². The predicted octanol–water partition coefficient (Wildman–Crippen LogP) is 5.41. The largest absolute Gasteiger partial charge is 0.494 e. The lowest BCUT2D eigenvalue weighted by Gasteiger charge is -2.26. The van der Waals surface area contributed by atoms with E-state index in [1.807, 2.05) is 50.2 Å². The molecule has 1 N–H and O–H groups in total. The quantitative estimate of drug-likeness (QED) is 0.349. The van der Waals surface area contributed by atoms with Crippen LogP contribution in [0, 0.1) is 6.92 Å². The molecule has 0 saturated carbocycles. The summed E-state index contributed by atoms with van der Waals surface area (Å²) in [5.41, 5.74) is 3.98. The maximum Gasteiger partial charge on any atom is 0.335 e. The van der Waals surface area contributed by atoms with Crippen LogP contribution in [0.2, 0.25) is 0 Å². The second-order valence-electron chi connectivity index (χ2n) is 7.86. The van der Waals surface area contributed by atoms with Crippen LogP contribution in [0.15, 0.2) is 76.8 Å². The van der Waals surface area contributed by atoms with Crippen LogP contribution in [-0.2, 0) is 16.0 Å². The van der Waals surface area contributed by atoms with Crippen molar-refractivity contribution >= 4 is 45.5 Å². The van der Waals surface area contributed by atoms with Gasteiger partial charge in [-0.1, -0.05) is 64.0 Å². The van der Waals surface area contributed by atoms with Gasteiger partial charge in [0.15, 0.2) is 0 Å². The number of imide groups is 2. The first-order valence-corrected chi connectivity index (χ1v) is 11.6. The van der Waals surface area contributed by atoms with Crippen LogP contribution in [0.1, 0.15) is 29.2 Å². The van der Waals surface area contributed by atoms with E-state index in [2.05, 4.69) is 21.2 Å². The Hall–Kier alpha value is -3.71. The number of nitrogens with zero attached hydrogens (tertiary/aromatic N) is 1. The molecule has 0 radical (unpaired) electrons. The van der Waals surface area contributed by atoms with Crippen LogP contribution in [0.5, 0.6) is 5.75 Å². The monoisotopic (exact) mass is 518 g/mol. The molecule has 1 saturated heterocycles. The molecule has 172 valence electrons. The van der Waals surface area contributed by atoms with Crippen molar-refractivity contribution < 1.29 is 19.1 Å². The van der Waals surface area contributed by atoms with E-state index in [1.165, 1.54) is 6.08 Å². The summed E-state index contributed by atoms with van der Waals surface area (Å²) in [5, 5.41) is 2.26. The smallest absolute Gasteiger partial charge is 0.335 e. The van der Waals surface area contributed by atoms with E-state index in [9.17, 15) is 14.4 Å². The van der Waals surface area contributed by atoms with Crippen LogP contribution < -0.4 is 15.0 Å². The summed E-state index contributed by atoms with van der Waals surface area (Å²) in [6.07, 6.45) is 2.14. The summed E-state index contributed by atoms with van der Waals surface area (Å²) in [6, 6.07) is 19.7. The van der Waals surface area contributed by atoms with E-state index < -0.39 is 17.8 Å². The molecule has 3 aromatic carbocycles. The van der Waals surface area contributed by atoms with E-state index in [-0.39, 0.29) is 5.57 Å². The zero-order chi connectivity index (χ0) is 24.2. The summed E-state index contributed by atoms with van der Waals surface area (Å²) in [4.78, 5) is 39.0. The second-order valence-corrected chi connectivity index (χ2v) is 8.72. The van der Waals surface area contributed by atoms with Gasteiger partial charge in [-0.2, -0.15) is 0 Å². The number of ether oxygens (including phenoxy) is 1. The first-order valence-electron chi connectivity index (χ1n) is 10.8. The molecule has 0 unspecified atom stereocenters. The molecule has 0 aliphatic carbocycles. The standard InChI is InChI=1S/C27H23BrN2O4/c1-3-34-24-15-18(10-11-20(24)16-19-6-4-5-7-23(19)28)14-22-25(31)29-27(33)30(26(22)32)21-12-8-17(2)9-13-21/h4-15H,3,16H2,1-2H3,(H,29,31,33)/b22-14+. The SMILES string of the molecule is CCOc1cc(/C=C2\C(=O)NC(=O)N(c3ccc(C)cc3)C2=O)ccc1Cc1ccccc1Br. The number of urea groups is 1. The highest BCUT2D eigenvalue weighted by atomic mass is 79.9. The average Bonchev–Trinajstić information content (AvgIpc) is 2.81. The summed E-state index contributed by atoms with van der Waals surface area (Å²) >= 11 is 3.58. The van der Waals surface area contributed by atoms with Crippen molar-refractivity contribution in [1.82, 2.24) is 5.32 Å². The maximum atomic E-state index is 13.1. The summed E-state index contributed by atoms with van der Waals surface area (Å²) in [7, 11) is 0. The molecule has 6 nitrogen and oxygen atoms in total. The third-order valence-corrected chi connectivity index (χ3v) is 6.21. The Labute approximate surface area is 206 Å². The lowest BCUT2D eigenvalue weighted by atomic mass is 10.0. The zero-order valence-electron chi connectivity index (χ0n) is 18.8. The first-order chi connectivity index (χ1) is 16.4. The van der Waals surface area contributed by atoms with Gasteiger partial charge in [0.05, 0.1) is 12.3 Å². The van der Waals surface area contributed by atoms with E-state index in [0.717, 1.165) is 26.1 Å². The minimum Gasteiger partial charge on any atom is -0.494 e. The fraction of sp³-hybridized carbons (Fsp3) is 0.148. The van der Waals surface area contributed by atoms with Crippen molar-refractivity contribution in [3.05, 3.63) is 99.0 Å². The van der Waals surface area contributed by atoms with Crippen LogP contribution in [0.3, 0.4) is 0 Å². The number of carbonyl (C=O) groups excluding carboxylic acids is 3. The van der Waals surface area contributed by atoms with Gasteiger partial charge in [-0.15, -0.1) is 0 Å². The van der Waals surface area contributed by atoms with Gasteiger partial charge < -0.3 is 4.74 Å². The second kappa shape index (κ2) is 10.1. The minimum absolute atomic E-state index is 0.124. The number of benzene rings is 3. The highest BCUT2D eigenvalue weighted by Crippen LogP contribution is 2.28. The minimum atomic E-state index is -0.769. The molecule has 1 aliphatic rings. The summed E-state index contributed by atoms with van der Waals surface area (Å²) < 4.78 is 6.87. The van der Waals surface area contributed by atoms with E-state index in [4.69, 9.17) is 4.74 Å². The fourth-order valence-electron chi connectivity index (χ4n) is 3.70. The number of carbonyl (C=O) groups is 3. The number of barbiturate groups is 1. The summed E-state index contributed by atoms with van der Waals surface area (Å²) in [5.74, 6) is -0.732. The third-order valence-electron chi connectivity index (χ3n) is 5.43. The van der Waals surface area contributed by atoms with Crippen LogP contribution in [-0.4, -0.2) is 24.5 Å². The van der Waals surface area contributed by atoms with Crippen molar-refractivity contribution in [3.63, 3.8) is 0 Å². The van der Waals surface area contributed by atoms with Crippen LogP contribution in [0.4, 0.5) is 10.5 Å². The molecular formula is C27H23BrN2O4. The van der Waals surface area contributed by atoms with Crippen molar-refractivity contribution in [3.8, 4) is 5.75 Å². The number of nitrogens with one attached hydrogen (secondary N) is 1. The van der Waals surface area contributed by atoms with E-state index in [1.54, 1.807) is 30.3 Å². The molecule has 0 bridgehead atoms. The zero-order valence-corrected chi connectivity index (χ0v) is 20.4. The van der Waals surface area contributed by atoms with Crippen molar-refractivity contribution in [2.75, 3.05) is 11.5 Å². The Balaban J connectivity index is 1.67. The molecule has 1 heterocycles. The fourth-order valence-corrected chi connectivity index (χ4v) is 4.12. The molecule has 0 atom stereocenters. The number of hydrogen-bond donors (Lipinski definition) is 1. The van der Waals surface area contributed by atoms with Crippen LogP contribution in [0.25, 0.3) is 6.08 Å². The third kappa shape index (κ3) is 4.94. The number of amides is 4. The van der Waals surface area contributed by atoms with Crippen molar-refractivity contribution in [1.29, 1.82) is 0 Å². The van der Waals surface area contributed by atoms with Gasteiger partial charge >= 0.3 is 6.03 Å². The molecule has 4 amide bonds. The van der Waals surface area contributed by atoms with Gasteiger partial charge in [0, 0.05) is 10.9 Å². The van der Waals surface area contributed by atoms with E-state index >= 15 is 0 Å². The molecule has 34 heavy (non-hydrogen) atoms. The number of halogens is 1. The highest BCUT2D eigenvalue weighted by molar-refractivity contribution is 9.10. The maximum absolute atomic E-state index is 13.1. The van der Waals surface area contributed by atoms with Gasteiger partial charge in [0.1, 0.15) is 11.3 Å². The molecule has 0 spiro atoms. The first kappa shape index (κ1) is 23.4. The Morgan fingerprint density at radius 2 is 1.71 bits per heavy atom. The Morgan fingerprint density at radius 1 is 0.971 bits per heavy atom. The molecule has 3 aromatic rings. The molecule has 7 heteroatoms. The Bertz CT molecular complexity index is 1300. The van der Waals surface area contributed by atoms with Gasteiger partial charge in [0.2, 0.25) is 0 Å². The molecular weight excluding hydrogens is 496 g/mol. The molecule has 0 aromatic heterocycles. The number of hydrogen-bond acceptors (Lipinski definition) is 4. The lowest BCUT2D eigenvalue weighted by molar-refractivity contribution is -0.122.